The molecule has 5 heteroatoms. The standard InChI is InChI=1S/C13H19N5/c1-3-17(9-10(2)13(14)15)12-6-4-5-11-16-7-8-18(11)12/h4-8,10H,3,9H2,1-2H3,(H3,14,15). The second-order valence-electron chi connectivity index (χ2n) is 4.43. The fourth-order valence-corrected chi connectivity index (χ4v) is 2.00. The lowest BCUT2D eigenvalue weighted by atomic mass is 10.1. The van der Waals surface area contributed by atoms with Gasteiger partial charge in [0.2, 0.25) is 0 Å². The van der Waals surface area contributed by atoms with Gasteiger partial charge in [0.15, 0.2) is 0 Å². The third kappa shape index (κ3) is 2.30. The molecule has 3 N–H and O–H groups in total. The maximum Gasteiger partial charge on any atom is 0.138 e. The van der Waals surface area contributed by atoms with Gasteiger partial charge in [0, 0.05) is 31.4 Å². The average molecular weight is 245 g/mol. The van der Waals surface area contributed by atoms with Crippen LogP contribution in [0.3, 0.4) is 0 Å². The van der Waals surface area contributed by atoms with Crippen molar-refractivity contribution in [2.75, 3.05) is 18.0 Å². The highest BCUT2D eigenvalue weighted by Crippen LogP contribution is 2.17. The molecule has 2 rings (SSSR count). The SMILES string of the molecule is CCN(CC(C)C(=N)N)c1cccc2nccn12. The number of hydrogen-bond acceptors (Lipinski definition) is 3. The zero-order valence-corrected chi connectivity index (χ0v) is 10.8. The zero-order chi connectivity index (χ0) is 13.1. The zero-order valence-electron chi connectivity index (χ0n) is 10.8. The summed E-state index contributed by atoms with van der Waals surface area (Å²) >= 11 is 0. The molecule has 0 aromatic carbocycles. The van der Waals surface area contributed by atoms with Crippen LogP contribution in [-0.4, -0.2) is 28.3 Å². The lowest BCUT2D eigenvalue weighted by molar-refractivity contribution is 0.687. The van der Waals surface area contributed by atoms with E-state index in [1.165, 1.54) is 0 Å². The first-order valence-electron chi connectivity index (χ1n) is 6.14. The molecule has 0 spiro atoms. The molecule has 0 aliphatic rings. The maximum absolute atomic E-state index is 7.50. The lowest BCUT2D eigenvalue weighted by Crippen LogP contribution is -2.35. The van der Waals surface area contributed by atoms with Gasteiger partial charge in [-0.2, -0.15) is 0 Å². The highest BCUT2D eigenvalue weighted by atomic mass is 15.2. The predicted molar refractivity (Wildman–Crippen MR) is 74.2 cm³/mol. The van der Waals surface area contributed by atoms with Crippen LogP contribution in [-0.2, 0) is 0 Å². The van der Waals surface area contributed by atoms with Gasteiger partial charge in [0.05, 0.1) is 5.84 Å². The Morgan fingerprint density at radius 2 is 2.33 bits per heavy atom. The van der Waals surface area contributed by atoms with Crippen LogP contribution in [0, 0.1) is 11.3 Å². The van der Waals surface area contributed by atoms with Crippen molar-refractivity contribution < 1.29 is 0 Å². The number of nitrogens with two attached hydrogens (primary N) is 1. The summed E-state index contributed by atoms with van der Waals surface area (Å²) in [5, 5.41) is 7.50. The molecule has 5 nitrogen and oxygen atoms in total. The fourth-order valence-electron chi connectivity index (χ4n) is 2.00. The summed E-state index contributed by atoms with van der Waals surface area (Å²) in [6, 6.07) is 6.04. The number of imidazole rings is 1. The second kappa shape index (κ2) is 5.08. The molecule has 2 aromatic heterocycles. The summed E-state index contributed by atoms with van der Waals surface area (Å²) in [6.07, 6.45) is 3.74. The topological polar surface area (TPSA) is 70.4 Å². The molecular formula is C13H19N5. The number of rotatable bonds is 5. The minimum atomic E-state index is 0.0451. The third-order valence-corrected chi connectivity index (χ3v) is 3.14. The van der Waals surface area contributed by atoms with Gasteiger partial charge in [-0.1, -0.05) is 13.0 Å². The molecule has 18 heavy (non-hydrogen) atoms. The minimum Gasteiger partial charge on any atom is -0.387 e. The monoisotopic (exact) mass is 245 g/mol. The van der Waals surface area contributed by atoms with Crippen molar-refractivity contribution in [1.82, 2.24) is 9.38 Å². The van der Waals surface area contributed by atoms with Crippen LogP contribution >= 0.6 is 0 Å². The smallest absolute Gasteiger partial charge is 0.138 e. The number of hydrogen-bond donors (Lipinski definition) is 2. The first-order chi connectivity index (χ1) is 8.63. The van der Waals surface area contributed by atoms with Crippen molar-refractivity contribution in [3.05, 3.63) is 30.6 Å². The molecule has 0 amide bonds. The van der Waals surface area contributed by atoms with E-state index in [4.69, 9.17) is 11.1 Å². The van der Waals surface area contributed by atoms with Crippen LogP contribution in [0.5, 0.6) is 0 Å². The Morgan fingerprint density at radius 3 is 3.00 bits per heavy atom. The van der Waals surface area contributed by atoms with Gasteiger partial charge >= 0.3 is 0 Å². The summed E-state index contributed by atoms with van der Waals surface area (Å²) in [4.78, 5) is 6.49. The van der Waals surface area contributed by atoms with Crippen LogP contribution in [0.2, 0.25) is 0 Å². The molecule has 2 aromatic rings. The van der Waals surface area contributed by atoms with Gasteiger partial charge in [-0.3, -0.25) is 9.81 Å². The summed E-state index contributed by atoms with van der Waals surface area (Å²) in [5.41, 5.74) is 6.48. The van der Waals surface area contributed by atoms with Crippen LogP contribution in [0.1, 0.15) is 13.8 Å². The van der Waals surface area contributed by atoms with Crippen LogP contribution in [0.15, 0.2) is 30.6 Å². The van der Waals surface area contributed by atoms with Crippen molar-refractivity contribution in [1.29, 1.82) is 5.41 Å². The van der Waals surface area contributed by atoms with Gasteiger partial charge in [-0.25, -0.2) is 4.98 Å². The van der Waals surface area contributed by atoms with E-state index in [1.54, 1.807) is 6.20 Å². The van der Waals surface area contributed by atoms with E-state index in [-0.39, 0.29) is 11.8 Å². The minimum absolute atomic E-state index is 0.0451. The largest absolute Gasteiger partial charge is 0.387 e. The molecule has 1 atom stereocenters. The molecule has 0 aliphatic heterocycles. The van der Waals surface area contributed by atoms with Crippen LogP contribution < -0.4 is 10.6 Å². The Hall–Kier alpha value is -2.04. The lowest BCUT2D eigenvalue weighted by Gasteiger charge is -2.26. The van der Waals surface area contributed by atoms with Crippen LogP contribution in [0.4, 0.5) is 5.82 Å². The Labute approximate surface area is 107 Å². The van der Waals surface area contributed by atoms with Gasteiger partial charge in [-0.15, -0.1) is 0 Å². The first kappa shape index (κ1) is 12.4. The Morgan fingerprint density at radius 1 is 1.56 bits per heavy atom. The van der Waals surface area contributed by atoms with Crippen molar-refractivity contribution in [2.45, 2.75) is 13.8 Å². The van der Waals surface area contributed by atoms with Gasteiger partial charge < -0.3 is 10.6 Å². The third-order valence-electron chi connectivity index (χ3n) is 3.14. The van der Waals surface area contributed by atoms with E-state index in [2.05, 4.69) is 27.3 Å². The summed E-state index contributed by atoms with van der Waals surface area (Å²) in [6.45, 7) is 5.68. The van der Waals surface area contributed by atoms with E-state index in [0.717, 1.165) is 24.6 Å². The van der Waals surface area contributed by atoms with Crippen molar-refractivity contribution in [3.8, 4) is 0 Å². The molecule has 0 saturated carbocycles. The van der Waals surface area contributed by atoms with Gasteiger partial charge in [0.25, 0.3) is 0 Å². The molecule has 0 fully saturated rings. The second-order valence-corrected chi connectivity index (χ2v) is 4.43. The summed E-state index contributed by atoms with van der Waals surface area (Å²) < 4.78 is 2.05. The van der Waals surface area contributed by atoms with E-state index in [1.807, 2.05) is 25.3 Å². The molecule has 1 unspecified atom stereocenters. The highest BCUT2D eigenvalue weighted by molar-refractivity contribution is 5.79. The maximum atomic E-state index is 7.50. The van der Waals surface area contributed by atoms with E-state index < -0.39 is 0 Å². The number of pyridine rings is 1. The van der Waals surface area contributed by atoms with E-state index in [9.17, 15) is 0 Å². The highest BCUT2D eigenvalue weighted by Gasteiger charge is 2.13. The predicted octanol–water partition coefficient (Wildman–Crippen LogP) is 1.73. The fraction of sp³-hybridized carbons (Fsp3) is 0.385. The van der Waals surface area contributed by atoms with Gasteiger partial charge in [0.1, 0.15) is 11.5 Å². The molecule has 2 heterocycles. The molecule has 0 radical (unpaired) electrons. The van der Waals surface area contributed by atoms with Crippen molar-refractivity contribution >= 4 is 17.3 Å². The number of nitrogens with one attached hydrogen (secondary N) is 1. The molecule has 0 saturated heterocycles. The summed E-state index contributed by atoms with van der Waals surface area (Å²) in [5.74, 6) is 1.36. The van der Waals surface area contributed by atoms with Crippen molar-refractivity contribution in [3.63, 3.8) is 0 Å². The number of nitrogens with zero attached hydrogens (tertiary/aromatic N) is 3. The number of amidine groups is 1. The number of aromatic nitrogens is 2. The van der Waals surface area contributed by atoms with Gasteiger partial charge in [-0.05, 0) is 19.1 Å². The van der Waals surface area contributed by atoms with E-state index >= 15 is 0 Å². The van der Waals surface area contributed by atoms with Crippen molar-refractivity contribution in [2.24, 2.45) is 11.7 Å². The first-order valence-corrected chi connectivity index (χ1v) is 6.14. The van der Waals surface area contributed by atoms with E-state index in [0.29, 0.717) is 0 Å². The molecule has 96 valence electrons. The molecule has 0 bridgehead atoms. The normalized spacial score (nSPS) is 12.6. The Balaban J connectivity index is 2.32. The number of anilines is 1. The average Bonchev–Trinajstić information content (AvgIpc) is 2.83. The quantitative estimate of drug-likeness (QED) is 0.622. The Bertz CT molecular complexity index is 545. The molecule has 0 aliphatic carbocycles. The molecular weight excluding hydrogens is 226 g/mol. The summed E-state index contributed by atoms with van der Waals surface area (Å²) in [7, 11) is 0. The number of fused-ring (bicyclic) bond motifs is 1. The van der Waals surface area contributed by atoms with Crippen LogP contribution in [0.25, 0.3) is 5.65 Å². The Kier molecular flexibility index (Phi) is 3.50.